The number of aryl methyl sites for hydroxylation is 1. The molecule has 0 fully saturated rings. The van der Waals surface area contributed by atoms with E-state index in [9.17, 15) is 0 Å². The van der Waals surface area contributed by atoms with Crippen LogP contribution in [0.15, 0.2) is 72.9 Å². The van der Waals surface area contributed by atoms with E-state index in [-0.39, 0.29) is 5.41 Å². The van der Waals surface area contributed by atoms with E-state index < -0.39 is 0 Å². The van der Waals surface area contributed by atoms with Crippen LogP contribution in [0.25, 0.3) is 33.2 Å². The van der Waals surface area contributed by atoms with Gasteiger partial charge < -0.3 is 0 Å². The maximum atomic E-state index is 4.76. The molecule has 0 spiro atoms. The van der Waals surface area contributed by atoms with Crippen molar-refractivity contribution in [2.75, 3.05) is 0 Å². The van der Waals surface area contributed by atoms with E-state index in [1.54, 1.807) is 0 Å². The minimum atomic E-state index is 0.0129. The Hall–Kier alpha value is -2.93. The van der Waals surface area contributed by atoms with Gasteiger partial charge in [-0.05, 0) is 52.3 Å². The molecule has 1 aliphatic carbocycles. The van der Waals surface area contributed by atoms with Crippen LogP contribution in [0.1, 0.15) is 44.4 Å². The lowest BCUT2D eigenvalue weighted by Gasteiger charge is -2.22. The predicted octanol–water partition coefficient (Wildman–Crippen LogP) is 7.54. The molecule has 0 saturated heterocycles. The van der Waals surface area contributed by atoms with Crippen molar-refractivity contribution in [2.45, 2.75) is 40.0 Å². The summed E-state index contributed by atoms with van der Waals surface area (Å²) in [5.74, 6) is 0. The average molecular weight is 366 g/mol. The largest absolute Gasteiger partial charge is 0.256 e. The highest BCUT2D eigenvalue weighted by Gasteiger charge is 2.35. The van der Waals surface area contributed by atoms with Crippen LogP contribution in [0.2, 0.25) is 0 Å². The third-order valence-corrected chi connectivity index (χ3v) is 5.86. The first-order chi connectivity index (χ1) is 13.6. The minimum Gasteiger partial charge on any atom is -0.256 e. The Morgan fingerprint density at radius 3 is 2.25 bits per heavy atom. The van der Waals surface area contributed by atoms with Gasteiger partial charge in [0.1, 0.15) is 0 Å². The van der Waals surface area contributed by atoms with Gasteiger partial charge in [0.2, 0.25) is 0 Å². The summed E-state index contributed by atoms with van der Waals surface area (Å²) < 4.78 is 0. The molecule has 4 aromatic rings. The molecule has 1 nitrogen and oxygen atoms in total. The Morgan fingerprint density at radius 1 is 0.714 bits per heavy atom. The smallest absolute Gasteiger partial charge is 0.0783 e. The lowest BCUT2D eigenvalue weighted by Crippen LogP contribution is -2.15. The summed E-state index contributed by atoms with van der Waals surface area (Å²) in [5.41, 5.74) is 9.15. The highest BCUT2D eigenvalue weighted by molar-refractivity contribution is 5.96. The normalized spacial score (nSPS) is 13.5. The quantitative estimate of drug-likeness (QED) is 0.339. The molecular formula is C27H27N. The Balaban J connectivity index is 0.000000932. The monoisotopic (exact) mass is 365 g/mol. The van der Waals surface area contributed by atoms with E-state index in [2.05, 4.69) is 87.5 Å². The summed E-state index contributed by atoms with van der Waals surface area (Å²) in [6.07, 6.45) is 1.92. The van der Waals surface area contributed by atoms with Gasteiger partial charge >= 0.3 is 0 Å². The topological polar surface area (TPSA) is 12.9 Å². The van der Waals surface area contributed by atoms with E-state index in [1.165, 1.54) is 44.2 Å². The number of rotatable bonds is 1. The number of hydrogen-bond donors (Lipinski definition) is 0. The zero-order valence-corrected chi connectivity index (χ0v) is 17.4. The van der Waals surface area contributed by atoms with Gasteiger partial charge in [-0.3, -0.25) is 4.98 Å². The molecule has 1 heterocycles. The molecule has 1 aliphatic rings. The van der Waals surface area contributed by atoms with E-state index >= 15 is 0 Å². The van der Waals surface area contributed by atoms with Crippen molar-refractivity contribution in [2.24, 2.45) is 0 Å². The highest BCUT2D eigenvalue weighted by atomic mass is 14.7. The van der Waals surface area contributed by atoms with Crippen molar-refractivity contribution in [3.8, 4) is 22.4 Å². The Bertz CT molecular complexity index is 1160. The third-order valence-electron chi connectivity index (χ3n) is 5.86. The average Bonchev–Trinajstić information content (AvgIpc) is 2.95. The zero-order chi connectivity index (χ0) is 19.9. The molecule has 1 aromatic heterocycles. The number of benzene rings is 3. The molecule has 1 heteroatoms. The SMILES string of the molecule is CC.Cc1cc2c(cc1-c1nccc3ccccc13)C(C)(C)c1ccccc1-2. The first kappa shape index (κ1) is 18.4. The van der Waals surface area contributed by atoms with Crippen LogP contribution in [-0.4, -0.2) is 4.98 Å². The number of pyridine rings is 1. The van der Waals surface area contributed by atoms with Crippen molar-refractivity contribution < 1.29 is 0 Å². The second kappa shape index (κ2) is 6.91. The Labute approximate surface area is 168 Å². The maximum absolute atomic E-state index is 4.76. The molecular weight excluding hydrogens is 338 g/mol. The molecule has 140 valence electrons. The second-order valence-corrected chi connectivity index (χ2v) is 7.76. The molecule has 0 saturated carbocycles. The van der Waals surface area contributed by atoms with Crippen LogP contribution >= 0.6 is 0 Å². The minimum absolute atomic E-state index is 0.0129. The lowest BCUT2D eigenvalue weighted by molar-refractivity contribution is 0.660. The van der Waals surface area contributed by atoms with Crippen molar-refractivity contribution in [1.82, 2.24) is 4.98 Å². The van der Waals surface area contributed by atoms with Gasteiger partial charge in [0, 0.05) is 22.6 Å². The molecule has 0 atom stereocenters. The first-order valence-electron chi connectivity index (χ1n) is 10.2. The fourth-order valence-electron chi connectivity index (χ4n) is 4.45. The zero-order valence-electron chi connectivity index (χ0n) is 17.4. The molecule has 0 radical (unpaired) electrons. The molecule has 0 N–H and O–H groups in total. The van der Waals surface area contributed by atoms with Gasteiger partial charge in [-0.1, -0.05) is 82.3 Å². The van der Waals surface area contributed by atoms with Gasteiger partial charge in [0.15, 0.2) is 0 Å². The van der Waals surface area contributed by atoms with Gasteiger partial charge in [-0.25, -0.2) is 0 Å². The summed E-state index contributed by atoms with van der Waals surface area (Å²) >= 11 is 0. The maximum Gasteiger partial charge on any atom is 0.0783 e. The third kappa shape index (κ3) is 2.65. The van der Waals surface area contributed by atoms with Crippen LogP contribution in [0.3, 0.4) is 0 Å². The van der Waals surface area contributed by atoms with Gasteiger partial charge in [-0.2, -0.15) is 0 Å². The van der Waals surface area contributed by atoms with E-state index in [1.807, 2.05) is 20.0 Å². The van der Waals surface area contributed by atoms with Crippen LogP contribution < -0.4 is 0 Å². The van der Waals surface area contributed by atoms with Gasteiger partial charge in [-0.15, -0.1) is 0 Å². The highest BCUT2D eigenvalue weighted by Crippen LogP contribution is 2.50. The Kier molecular flexibility index (Phi) is 4.55. The van der Waals surface area contributed by atoms with Crippen LogP contribution in [0.5, 0.6) is 0 Å². The molecule has 0 bridgehead atoms. The van der Waals surface area contributed by atoms with Crippen molar-refractivity contribution in [3.05, 3.63) is 89.6 Å². The molecule has 0 unspecified atom stereocenters. The van der Waals surface area contributed by atoms with Crippen LogP contribution in [-0.2, 0) is 5.41 Å². The van der Waals surface area contributed by atoms with E-state index in [0.717, 1.165) is 5.69 Å². The van der Waals surface area contributed by atoms with Crippen molar-refractivity contribution in [1.29, 1.82) is 0 Å². The summed E-state index contributed by atoms with van der Waals surface area (Å²) in [5, 5.41) is 2.45. The Morgan fingerprint density at radius 2 is 1.43 bits per heavy atom. The molecule has 28 heavy (non-hydrogen) atoms. The van der Waals surface area contributed by atoms with Gasteiger partial charge in [0.25, 0.3) is 0 Å². The summed E-state index contributed by atoms with van der Waals surface area (Å²) in [4.78, 5) is 4.76. The number of nitrogens with zero attached hydrogens (tertiary/aromatic N) is 1. The molecule has 0 aliphatic heterocycles. The van der Waals surface area contributed by atoms with Crippen molar-refractivity contribution >= 4 is 10.8 Å². The fourth-order valence-corrected chi connectivity index (χ4v) is 4.45. The summed E-state index contributed by atoms with van der Waals surface area (Å²) in [6, 6.07) is 24.1. The number of hydrogen-bond acceptors (Lipinski definition) is 1. The standard InChI is InChI=1S/C25H21N.C2H6/c1-16-14-21-19-10-6-7-11-22(19)25(2,3)23(21)15-20(16)24-18-9-5-4-8-17(18)12-13-26-24;1-2/h4-15H,1-3H3;1-2H3. The van der Waals surface area contributed by atoms with Crippen molar-refractivity contribution in [3.63, 3.8) is 0 Å². The predicted molar refractivity (Wildman–Crippen MR) is 121 cm³/mol. The van der Waals surface area contributed by atoms with E-state index in [4.69, 9.17) is 4.98 Å². The lowest BCUT2D eigenvalue weighted by atomic mass is 9.81. The molecule has 0 amide bonds. The second-order valence-electron chi connectivity index (χ2n) is 7.76. The summed E-state index contributed by atoms with van der Waals surface area (Å²) in [7, 11) is 0. The molecule has 5 rings (SSSR count). The number of aromatic nitrogens is 1. The number of fused-ring (bicyclic) bond motifs is 4. The van der Waals surface area contributed by atoms with Crippen LogP contribution in [0, 0.1) is 6.92 Å². The molecule has 3 aromatic carbocycles. The van der Waals surface area contributed by atoms with Gasteiger partial charge in [0.05, 0.1) is 5.69 Å². The first-order valence-corrected chi connectivity index (χ1v) is 10.2. The van der Waals surface area contributed by atoms with E-state index in [0.29, 0.717) is 0 Å². The summed E-state index contributed by atoms with van der Waals surface area (Å²) in [6.45, 7) is 10.9. The van der Waals surface area contributed by atoms with Crippen LogP contribution in [0.4, 0.5) is 0 Å². The fraction of sp³-hybridized carbons (Fsp3) is 0.222.